The molecule has 1 rings (SSSR count). The summed E-state index contributed by atoms with van der Waals surface area (Å²) in [5, 5.41) is 11.0. The third kappa shape index (κ3) is 5.30. The summed E-state index contributed by atoms with van der Waals surface area (Å²) in [7, 11) is 0. The molecule has 106 valence electrons. The second-order valence-electron chi connectivity index (χ2n) is 4.77. The van der Waals surface area contributed by atoms with E-state index in [2.05, 4.69) is 20.8 Å². The lowest BCUT2D eigenvalue weighted by Gasteiger charge is -2.20. The van der Waals surface area contributed by atoms with Crippen LogP contribution in [0.25, 0.3) is 0 Å². The minimum atomic E-state index is -0.672. The first-order valence-electron chi connectivity index (χ1n) is 6.14. The molecule has 6 nitrogen and oxygen atoms in total. The van der Waals surface area contributed by atoms with Crippen LogP contribution in [0, 0.1) is 5.92 Å². The van der Waals surface area contributed by atoms with Gasteiger partial charge < -0.3 is 10.6 Å². The van der Waals surface area contributed by atoms with Crippen molar-refractivity contribution in [1.82, 2.24) is 15.5 Å². The van der Waals surface area contributed by atoms with Gasteiger partial charge in [-0.1, -0.05) is 13.8 Å². The summed E-state index contributed by atoms with van der Waals surface area (Å²) in [6.45, 7) is 5.52. The minimum absolute atomic E-state index is 0.267. The van der Waals surface area contributed by atoms with Gasteiger partial charge in [0.1, 0.15) is 17.2 Å². The fourth-order valence-corrected chi connectivity index (χ4v) is 1.60. The molecule has 2 amide bonds. The van der Waals surface area contributed by atoms with Crippen molar-refractivity contribution >= 4 is 29.2 Å². The molecule has 0 fully saturated rings. The molecule has 0 bridgehead atoms. The number of amides is 2. The number of carbonyl (C=O) groups excluding carboxylic acids is 2. The maximum Gasteiger partial charge on any atom is 0.248 e. The van der Waals surface area contributed by atoms with Crippen LogP contribution in [0.4, 0.5) is 5.82 Å². The topological polar surface area (TPSA) is 86.9 Å². The van der Waals surface area contributed by atoms with Crippen molar-refractivity contribution in [3.63, 3.8) is 0 Å². The van der Waals surface area contributed by atoms with Gasteiger partial charge in [-0.25, -0.2) is 0 Å². The van der Waals surface area contributed by atoms with E-state index in [9.17, 15) is 9.59 Å². The lowest BCUT2D eigenvalue weighted by molar-refractivity contribution is -0.126. The zero-order chi connectivity index (χ0) is 14.4. The van der Waals surface area contributed by atoms with Crippen LogP contribution in [-0.4, -0.2) is 33.4 Å². The zero-order valence-electron chi connectivity index (χ0n) is 11.2. The molecule has 0 saturated heterocycles. The number of rotatable bonds is 6. The van der Waals surface area contributed by atoms with Gasteiger partial charge in [-0.2, -0.15) is 5.10 Å². The Balaban J connectivity index is 2.67. The highest BCUT2D eigenvalue weighted by Crippen LogP contribution is 2.09. The maximum absolute atomic E-state index is 12.1. The van der Waals surface area contributed by atoms with Crippen LogP contribution in [0.2, 0.25) is 0 Å². The number of hydrogen-bond acceptors (Lipinski definition) is 3. The molecular formula is C12H19ClN4O2. The summed E-state index contributed by atoms with van der Waals surface area (Å²) in [4.78, 5) is 23.7. The second-order valence-corrected chi connectivity index (χ2v) is 5.42. The van der Waals surface area contributed by atoms with Crippen molar-refractivity contribution in [2.75, 3.05) is 5.32 Å². The van der Waals surface area contributed by atoms with Gasteiger partial charge in [-0.3, -0.25) is 14.7 Å². The SMILES string of the molecule is CC(C)CC(NC(=O)C(C)Cl)C(=O)Nc1ccn[nH]1. The summed E-state index contributed by atoms with van der Waals surface area (Å²) in [5.74, 6) is 0.117. The molecule has 1 aromatic rings. The Labute approximate surface area is 117 Å². The molecule has 1 heterocycles. The van der Waals surface area contributed by atoms with E-state index in [1.807, 2.05) is 13.8 Å². The van der Waals surface area contributed by atoms with Gasteiger partial charge in [0.15, 0.2) is 0 Å². The molecule has 0 radical (unpaired) electrons. The van der Waals surface area contributed by atoms with Gasteiger partial charge in [0.25, 0.3) is 0 Å². The van der Waals surface area contributed by atoms with Crippen molar-refractivity contribution < 1.29 is 9.59 Å². The smallest absolute Gasteiger partial charge is 0.248 e. The van der Waals surface area contributed by atoms with Gasteiger partial charge in [0.2, 0.25) is 11.8 Å². The first kappa shape index (κ1) is 15.5. The van der Waals surface area contributed by atoms with Crippen LogP contribution in [0.1, 0.15) is 27.2 Å². The molecule has 2 atom stereocenters. The molecule has 0 aliphatic rings. The highest BCUT2D eigenvalue weighted by molar-refractivity contribution is 6.30. The van der Waals surface area contributed by atoms with E-state index in [-0.39, 0.29) is 17.7 Å². The molecule has 0 aliphatic carbocycles. The van der Waals surface area contributed by atoms with E-state index in [1.54, 1.807) is 13.0 Å². The van der Waals surface area contributed by atoms with Gasteiger partial charge in [-0.05, 0) is 19.3 Å². The van der Waals surface area contributed by atoms with Crippen molar-refractivity contribution in [2.24, 2.45) is 5.92 Å². The molecule has 0 saturated carbocycles. The van der Waals surface area contributed by atoms with Crippen LogP contribution in [0.15, 0.2) is 12.3 Å². The summed E-state index contributed by atoms with van der Waals surface area (Å²) >= 11 is 5.70. The third-order valence-corrected chi connectivity index (χ3v) is 2.66. The predicted octanol–water partition coefficient (Wildman–Crippen LogP) is 1.51. The van der Waals surface area contributed by atoms with Gasteiger partial charge in [0, 0.05) is 6.07 Å². The van der Waals surface area contributed by atoms with Crippen LogP contribution in [0.3, 0.4) is 0 Å². The molecule has 2 unspecified atom stereocenters. The fraction of sp³-hybridized carbons (Fsp3) is 0.583. The molecule has 0 aromatic carbocycles. The number of nitrogens with zero attached hydrogens (tertiary/aromatic N) is 1. The van der Waals surface area contributed by atoms with Crippen molar-refractivity contribution in [3.05, 3.63) is 12.3 Å². The van der Waals surface area contributed by atoms with Crippen molar-refractivity contribution in [2.45, 2.75) is 38.6 Å². The quantitative estimate of drug-likeness (QED) is 0.693. The Morgan fingerprint density at radius 3 is 2.53 bits per heavy atom. The molecule has 3 N–H and O–H groups in total. The normalized spacial score (nSPS) is 13.9. The van der Waals surface area contributed by atoms with E-state index in [1.165, 1.54) is 6.20 Å². The Hall–Kier alpha value is -1.56. The molecule has 0 aliphatic heterocycles. The van der Waals surface area contributed by atoms with Crippen molar-refractivity contribution in [3.8, 4) is 0 Å². The van der Waals surface area contributed by atoms with E-state index in [4.69, 9.17) is 11.6 Å². The number of hydrogen-bond donors (Lipinski definition) is 3. The molecule has 19 heavy (non-hydrogen) atoms. The largest absolute Gasteiger partial charge is 0.343 e. The minimum Gasteiger partial charge on any atom is -0.343 e. The van der Waals surface area contributed by atoms with E-state index >= 15 is 0 Å². The standard InChI is InChI=1S/C12H19ClN4O2/c1-7(2)6-9(15-11(18)8(3)13)12(19)16-10-4-5-14-17-10/h4-5,7-9H,6H2,1-3H3,(H,15,18)(H2,14,16,17,19). The number of carbonyl (C=O) groups is 2. The average molecular weight is 287 g/mol. The number of anilines is 1. The van der Waals surface area contributed by atoms with Gasteiger partial charge >= 0.3 is 0 Å². The lowest BCUT2D eigenvalue weighted by Crippen LogP contribution is -2.46. The molecular weight excluding hydrogens is 268 g/mol. The molecule has 1 aromatic heterocycles. The number of aromatic nitrogens is 2. The Morgan fingerprint density at radius 2 is 2.05 bits per heavy atom. The second kappa shape index (κ2) is 7.13. The Bertz CT molecular complexity index is 417. The van der Waals surface area contributed by atoms with Crippen LogP contribution in [-0.2, 0) is 9.59 Å². The van der Waals surface area contributed by atoms with E-state index in [0.29, 0.717) is 12.2 Å². The van der Waals surface area contributed by atoms with Crippen molar-refractivity contribution in [1.29, 1.82) is 0 Å². The fourth-order valence-electron chi connectivity index (χ4n) is 1.53. The maximum atomic E-state index is 12.1. The summed E-state index contributed by atoms with van der Waals surface area (Å²) in [5.41, 5.74) is 0. The van der Waals surface area contributed by atoms with Crippen LogP contribution in [0.5, 0.6) is 0 Å². The number of alkyl halides is 1. The molecule has 0 spiro atoms. The first-order valence-corrected chi connectivity index (χ1v) is 6.58. The number of halogens is 1. The third-order valence-electron chi connectivity index (χ3n) is 2.46. The number of H-pyrrole nitrogens is 1. The monoisotopic (exact) mass is 286 g/mol. The van der Waals surface area contributed by atoms with Crippen LogP contribution < -0.4 is 10.6 Å². The summed E-state index contributed by atoms with van der Waals surface area (Å²) < 4.78 is 0. The average Bonchev–Trinajstić information content (AvgIpc) is 2.79. The summed E-state index contributed by atoms with van der Waals surface area (Å²) in [6, 6.07) is 1.02. The summed E-state index contributed by atoms with van der Waals surface area (Å²) in [6.07, 6.45) is 2.07. The predicted molar refractivity (Wildman–Crippen MR) is 73.9 cm³/mol. The lowest BCUT2D eigenvalue weighted by atomic mass is 10.0. The zero-order valence-corrected chi connectivity index (χ0v) is 12.0. The van der Waals surface area contributed by atoms with Gasteiger partial charge in [-0.15, -0.1) is 11.6 Å². The number of aromatic amines is 1. The highest BCUT2D eigenvalue weighted by Gasteiger charge is 2.23. The number of nitrogens with one attached hydrogen (secondary N) is 3. The Morgan fingerprint density at radius 1 is 1.37 bits per heavy atom. The Kier molecular flexibility index (Phi) is 5.82. The van der Waals surface area contributed by atoms with Crippen LogP contribution >= 0.6 is 11.6 Å². The molecule has 7 heteroatoms. The van der Waals surface area contributed by atoms with E-state index < -0.39 is 11.4 Å². The first-order chi connectivity index (χ1) is 8.90. The van der Waals surface area contributed by atoms with Gasteiger partial charge in [0.05, 0.1) is 6.20 Å². The van der Waals surface area contributed by atoms with E-state index in [0.717, 1.165) is 0 Å². The highest BCUT2D eigenvalue weighted by atomic mass is 35.5.